The standard InChI is InChI=1S/C6H12N/c1-4-7(5-2)6-3/h4-6H,1-3H3. The first-order valence-corrected chi connectivity index (χ1v) is 2.51. The van der Waals surface area contributed by atoms with Gasteiger partial charge in [-0.15, -0.1) is 0 Å². The number of rotatable bonds is 3. The molecule has 0 atom stereocenters. The maximum atomic E-state index is 2.00. The lowest BCUT2D eigenvalue weighted by Crippen LogP contribution is -2.08. The molecule has 3 radical (unpaired) electrons. The van der Waals surface area contributed by atoms with E-state index >= 15 is 0 Å². The molecule has 0 aliphatic carbocycles. The Morgan fingerprint density at radius 2 is 1.14 bits per heavy atom. The van der Waals surface area contributed by atoms with Gasteiger partial charge in [-0.1, -0.05) is 0 Å². The minimum Gasteiger partial charge on any atom is -0.291 e. The van der Waals surface area contributed by atoms with Gasteiger partial charge in [-0.25, -0.2) is 0 Å². The van der Waals surface area contributed by atoms with Crippen LogP contribution in [0.25, 0.3) is 0 Å². The Kier molecular flexibility index (Phi) is 4.10. The molecule has 0 saturated carbocycles. The van der Waals surface area contributed by atoms with Crippen LogP contribution in [0, 0.1) is 19.6 Å². The van der Waals surface area contributed by atoms with Crippen molar-refractivity contribution in [2.24, 2.45) is 0 Å². The Bertz CT molecular complexity index is 25.7. The van der Waals surface area contributed by atoms with Gasteiger partial charge < -0.3 is 0 Å². The average molecular weight is 98.2 g/mol. The predicted octanol–water partition coefficient (Wildman–Crippen LogP) is 1.83. The molecule has 7 heavy (non-hydrogen) atoms. The highest BCUT2D eigenvalue weighted by molar-refractivity contribution is 4.73. The summed E-state index contributed by atoms with van der Waals surface area (Å²) in [5.41, 5.74) is 0. The smallest absolute Gasteiger partial charge is 0.0227 e. The van der Waals surface area contributed by atoms with Crippen LogP contribution < -0.4 is 0 Å². The van der Waals surface area contributed by atoms with E-state index < -0.39 is 0 Å². The molecule has 0 rings (SSSR count). The number of hydrogen-bond acceptors (Lipinski definition) is 1. The second-order valence-electron chi connectivity index (χ2n) is 1.22. The Balaban J connectivity index is 2.99. The lowest BCUT2D eigenvalue weighted by atomic mass is 10.5. The molecule has 1 nitrogen and oxygen atoms in total. The van der Waals surface area contributed by atoms with Crippen LogP contribution in [-0.4, -0.2) is 4.90 Å². The van der Waals surface area contributed by atoms with Gasteiger partial charge in [0.15, 0.2) is 0 Å². The number of hydrogen-bond donors (Lipinski definition) is 0. The van der Waals surface area contributed by atoms with Crippen molar-refractivity contribution in [2.75, 3.05) is 0 Å². The third-order valence-electron chi connectivity index (χ3n) is 0.894. The molecule has 0 aromatic rings. The van der Waals surface area contributed by atoms with Crippen LogP contribution in [0.2, 0.25) is 0 Å². The lowest BCUT2D eigenvalue weighted by molar-refractivity contribution is 0.502. The van der Waals surface area contributed by atoms with Gasteiger partial charge in [0.1, 0.15) is 0 Å². The second kappa shape index (κ2) is 4.13. The molecule has 1 heteroatoms. The van der Waals surface area contributed by atoms with E-state index in [1.807, 2.05) is 45.3 Å². The summed E-state index contributed by atoms with van der Waals surface area (Å²) in [7, 11) is 0. The highest BCUT2D eigenvalue weighted by Crippen LogP contribution is 1.96. The van der Waals surface area contributed by atoms with Crippen molar-refractivity contribution in [2.45, 2.75) is 20.8 Å². The van der Waals surface area contributed by atoms with Gasteiger partial charge in [0, 0.05) is 19.6 Å². The highest BCUT2D eigenvalue weighted by Gasteiger charge is 1.91. The van der Waals surface area contributed by atoms with E-state index in [9.17, 15) is 0 Å². The third-order valence-corrected chi connectivity index (χ3v) is 0.894. The zero-order chi connectivity index (χ0) is 5.70. The SMILES string of the molecule is C[CH]N([CH]C)[CH]C. The van der Waals surface area contributed by atoms with Gasteiger partial charge in [0.25, 0.3) is 0 Å². The van der Waals surface area contributed by atoms with Crippen LogP contribution >= 0.6 is 0 Å². The van der Waals surface area contributed by atoms with Crippen molar-refractivity contribution < 1.29 is 0 Å². The van der Waals surface area contributed by atoms with Crippen molar-refractivity contribution in [1.82, 2.24) is 4.90 Å². The molecule has 0 bridgehead atoms. The fraction of sp³-hybridized carbons (Fsp3) is 0.500. The van der Waals surface area contributed by atoms with Crippen LogP contribution in [0.15, 0.2) is 0 Å². The van der Waals surface area contributed by atoms with Gasteiger partial charge in [-0.05, 0) is 20.8 Å². The first-order valence-electron chi connectivity index (χ1n) is 2.51. The first-order chi connectivity index (χ1) is 3.35. The maximum Gasteiger partial charge on any atom is 0.0227 e. The second-order valence-corrected chi connectivity index (χ2v) is 1.22. The molecular weight excluding hydrogens is 86.1 g/mol. The van der Waals surface area contributed by atoms with E-state index in [4.69, 9.17) is 0 Å². The summed E-state index contributed by atoms with van der Waals surface area (Å²) in [6.45, 7) is 12.0. The molecule has 0 amide bonds. The van der Waals surface area contributed by atoms with E-state index in [1.54, 1.807) is 0 Å². The fourth-order valence-corrected chi connectivity index (χ4v) is 0.447. The summed E-state index contributed by atoms with van der Waals surface area (Å²) in [4.78, 5) is 2.00. The monoisotopic (exact) mass is 98.1 g/mol. The third kappa shape index (κ3) is 2.63. The van der Waals surface area contributed by atoms with Crippen LogP contribution in [0.1, 0.15) is 20.8 Å². The Morgan fingerprint density at radius 3 is 1.14 bits per heavy atom. The normalized spacial score (nSPS) is 10.3. The van der Waals surface area contributed by atoms with Crippen molar-refractivity contribution in [3.8, 4) is 0 Å². The fourth-order valence-electron chi connectivity index (χ4n) is 0.447. The largest absolute Gasteiger partial charge is 0.291 e. The van der Waals surface area contributed by atoms with Crippen molar-refractivity contribution in [3.63, 3.8) is 0 Å². The molecule has 0 N–H and O–H groups in total. The molecule has 0 unspecified atom stereocenters. The molecule has 0 aromatic carbocycles. The van der Waals surface area contributed by atoms with Crippen LogP contribution in [0.5, 0.6) is 0 Å². The Labute approximate surface area is 46.3 Å². The minimum absolute atomic E-state index is 2.00. The zero-order valence-electron chi connectivity index (χ0n) is 5.18. The Morgan fingerprint density at radius 1 is 0.857 bits per heavy atom. The van der Waals surface area contributed by atoms with Crippen molar-refractivity contribution in [1.29, 1.82) is 0 Å². The van der Waals surface area contributed by atoms with Crippen LogP contribution in [-0.2, 0) is 0 Å². The van der Waals surface area contributed by atoms with Gasteiger partial charge in [0.05, 0.1) is 0 Å². The first kappa shape index (κ1) is 6.96. The van der Waals surface area contributed by atoms with E-state index in [1.165, 1.54) is 0 Å². The molecule has 0 fully saturated rings. The van der Waals surface area contributed by atoms with Crippen LogP contribution in [0.3, 0.4) is 0 Å². The van der Waals surface area contributed by atoms with Crippen LogP contribution in [0.4, 0.5) is 0 Å². The molecule has 0 saturated heterocycles. The molecule has 0 heterocycles. The lowest BCUT2D eigenvalue weighted by Gasteiger charge is -2.11. The summed E-state index contributed by atoms with van der Waals surface area (Å²) in [5.74, 6) is 0. The summed E-state index contributed by atoms with van der Waals surface area (Å²) in [6.07, 6.45) is 0. The molecular formula is C6H12N. The summed E-state index contributed by atoms with van der Waals surface area (Å²) < 4.78 is 0. The molecule has 0 spiro atoms. The zero-order valence-corrected chi connectivity index (χ0v) is 5.18. The van der Waals surface area contributed by atoms with Gasteiger partial charge >= 0.3 is 0 Å². The highest BCUT2D eigenvalue weighted by atomic mass is 15.1. The molecule has 0 aromatic heterocycles. The number of nitrogens with zero attached hydrogens (tertiary/aromatic N) is 1. The van der Waals surface area contributed by atoms with Crippen molar-refractivity contribution in [3.05, 3.63) is 19.6 Å². The van der Waals surface area contributed by atoms with Crippen molar-refractivity contribution >= 4 is 0 Å². The van der Waals surface area contributed by atoms with E-state index in [-0.39, 0.29) is 0 Å². The van der Waals surface area contributed by atoms with Gasteiger partial charge in [-0.3, -0.25) is 4.90 Å². The van der Waals surface area contributed by atoms with E-state index in [2.05, 4.69) is 0 Å². The quantitative estimate of drug-likeness (QED) is 0.520. The molecule has 0 aliphatic rings. The minimum atomic E-state index is 2.00. The summed E-state index contributed by atoms with van der Waals surface area (Å²) in [5, 5.41) is 0. The maximum absolute atomic E-state index is 2.00. The molecule has 41 valence electrons. The predicted molar refractivity (Wildman–Crippen MR) is 31.8 cm³/mol. The Hall–Kier alpha value is -0.0400. The van der Waals surface area contributed by atoms with Gasteiger partial charge in [-0.2, -0.15) is 0 Å². The topological polar surface area (TPSA) is 3.24 Å². The average Bonchev–Trinajstić information content (AvgIpc) is 1.72. The summed E-state index contributed by atoms with van der Waals surface area (Å²) in [6, 6.07) is 0. The van der Waals surface area contributed by atoms with E-state index in [0.29, 0.717) is 0 Å². The molecule has 0 aliphatic heterocycles. The summed E-state index contributed by atoms with van der Waals surface area (Å²) >= 11 is 0. The van der Waals surface area contributed by atoms with Gasteiger partial charge in [0.2, 0.25) is 0 Å². The van der Waals surface area contributed by atoms with E-state index in [0.717, 1.165) is 0 Å².